The highest BCUT2D eigenvalue weighted by atomic mass is 16.2. The first-order valence-corrected chi connectivity index (χ1v) is 10.4. The molecule has 4 heteroatoms. The van der Waals surface area contributed by atoms with Crippen LogP contribution in [-0.4, -0.2) is 23.3 Å². The van der Waals surface area contributed by atoms with E-state index in [4.69, 9.17) is 0 Å². The average molecular weight is 406 g/mol. The summed E-state index contributed by atoms with van der Waals surface area (Å²) in [5, 5.41) is 5.15. The Morgan fingerprint density at radius 3 is 2.32 bits per heavy atom. The van der Waals surface area contributed by atoms with Gasteiger partial charge in [0.05, 0.1) is 0 Å². The zero-order chi connectivity index (χ0) is 21.2. The summed E-state index contributed by atoms with van der Waals surface area (Å²) < 4.78 is 0. The minimum Gasteiger partial charge on any atom is -0.334 e. The van der Waals surface area contributed by atoms with Crippen LogP contribution in [0.15, 0.2) is 91.0 Å². The molecular weight excluding hydrogens is 384 g/mol. The van der Waals surface area contributed by atoms with Gasteiger partial charge in [-0.25, -0.2) is 0 Å². The molecule has 1 aliphatic rings. The van der Waals surface area contributed by atoms with E-state index in [1.165, 1.54) is 5.56 Å². The van der Waals surface area contributed by atoms with Crippen LogP contribution in [0.5, 0.6) is 0 Å². The lowest BCUT2D eigenvalue weighted by Crippen LogP contribution is -2.36. The molecule has 31 heavy (non-hydrogen) atoms. The number of hydrogen-bond acceptors (Lipinski definition) is 2. The van der Waals surface area contributed by atoms with E-state index >= 15 is 0 Å². The zero-order valence-electron chi connectivity index (χ0n) is 17.0. The van der Waals surface area contributed by atoms with Crippen LogP contribution in [0.2, 0.25) is 0 Å². The summed E-state index contributed by atoms with van der Waals surface area (Å²) >= 11 is 0. The zero-order valence-corrected chi connectivity index (χ0v) is 17.0. The van der Waals surface area contributed by atoms with Gasteiger partial charge in [-0.2, -0.15) is 0 Å². The number of amides is 2. The first-order chi connectivity index (χ1) is 15.2. The monoisotopic (exact) mass is 406 g/mol. The molecule has 0 saturated carbocycles. The molecule has 0 spiro atoms. The molecule has 0 bridgehead atoms. The molecule has 4 aromatic rings. The van der Waals surface area contributed by atoms with Gasteiger partial charge >= 0.3 is 0 Å². The molecule has 0 radical (unpaired) electrons. The average Bonchev–Trinajstić information content (AvgIpc) is 2.83. The maximum Gasteiger partial charge on any atom is 0.255 e. The Hall–Kier alpha value is -3.92. The molecule has 0 aromatic heterocycles. The summed E-state index contributed by atoms with van der Waals surface area (Å²) in [4.78, 5) is 27.5. The molecule has 0 aliphatic carbocycles. The van der Waals surface area contributed by atoms with Crippen molar-refractivity contribution in [1.29, 1.82) is 0 Å². The third kappa shape index (κ3) is 3.92. The van der Waals surface area contributed by atoms with Crippen molar-refractivity contribution in [1.82, 2.24) is 4.90 Å². The summed E-state index contributed by atoms with van der Waals surface area (Å²) in [5.74, 6) is -0.101. The van der Waals surface area contributed by atoms with Gasteiger partial charge in [0.15, 0.2) is 0 Å². The van der Waals surface area contributed by atoms with Gasteiger partial charge in [-0.05, 0) is 64.7 Å². The minimum absolute atomic E-state index is 0.0388. The van der Waals surface area contributed by atoms with Gasteiger partial charge in [0.25, 0.3) is 11.8 Å². The third-order valence-corrected chi connectivity index (χ3v) is 5.80. The molecule has 0 saturated heterocycles. The number of carbonyl (C=O) groups excluding carboxylic acids is 2. The first-order valence-electron chi connectivity index (χ1n) is 10.4. The Morgan fingerprint density at radius 1 is 0.710 bits per heavy atom. The van der Waals surface area contributed by atoms with Crippen LogP contribution in [0.3, 0.4) is 0 Å². The van der Waals surface area contributed by atoms with Crippen molar-refractivity contribution in [3.05, 3.63) is 113 Å². The van der Waals surface area contributed by atoms with Crippen molar-refractivity contribution in [2.24, 2.45) is 0 Å². The van der Waals surface area contributed by atoms with E-state index in [-0.39, 0.29) is 11.8 Å². The van der Waals surface area contributed by atoms with E-state index in [2.05, 4.69) is 11.4 Å². The molecule has 1 N–H and O–H groups in total. The number of carbonyl (C=O) groups is 2. The summed E-state index contributed by atoms with van der Waals surface area (Å²) in [5.41, 5.74) is 4.36. The summed E-state index contributed by atoms with van der Waals surface area (Å²) in [7, 11) is 0. The van der Waals surface area contributed by atoms with Gasteiger partial charge in [-0.15, -0.1) is 0 Å². The second-order valence-corrected chi connectivity index (χ2v) is 7.84. The van der Waals surface area contributed by atoms with Gasteiger partial charge in [-0.1, -0.05) is 54.6 Å². The van der Waals surface area contributed by atoms with E-state index in [1.807, 2.05) is 89.8 Å². The summed E-state index contributed by atoms with van der Waals surface area (Å²) in [6.07, 6.45) is 0.812. The normalized spacial score (nSPS) is 13.0. The lowest BCUT2D eigenvalue weighted by Gasteiger charge is -2.29. The molecule has 4 nitrogen and oxygen atoms in total. The van der Waals surface area contributed by atoms with E-state index in [0.29, 0.717) is 24.2 Å². The number of benzene rings is 4. The number of anilines is 1. The lowest BCUT2D eigenvalue weighted by molar-refractivity contribution is 0.0734. The topological polar surface area (TPSA) is 49.4 Å². The van der Waals surface area contributed by atoms with Gasteiger partial charge in [0, 0.05) is 29.9 Å². The van der Waals surface area contributed by atoms with Crippen molar-refractivity contribution in [2.45, 2.75) is 13.0 Å². The fourth-order valence-corrected chi connectivity index (χ4v) is 4.11. The third-order valence-electron chi connectivity index (χ3n) is 5.80. The van der Waals surface area contributed by atoms with Crippen LogP contribution < -0.4 is 5.32 Å². The van der Waals surface area contributed by atoms with Gasteiger partial charge in [0.1, 0.15) is 0 Å². The van der Waals surface area contributed by atoms with Gasteiger partial charge in [-0.3, -0.25) is 9.59 Å². The standard InChI is InChI=1S/C27H22N2O2/c30-26(23-11-10-19-6-4-5-9-22(19)16-23)28-25-13-12-20-14-15-29(18-24(20)17-25)27(31)21-7-2-1-3-8-21/h1-13,16-17H,14-15,18H2,(H,28,30). The highest BCUT2D eigenvalue weighted by Gasteiger charge is 2.22. The van der Waals surface area contributed by atoms with Crippen LogP contribution in [0.25, 0.3) is 10.8 Å². The SMILES string of the molecule is O=C(Nc1ccc2c(c1)CN(C(=O)c1ccccc1)CC2)c1ccc2ccccc2c1. The van der Waals surface area contributed by atoms with Crippen molar-refractivity contribution >= 4 is 28.3 Å². The van der Waals surface area contributed by atoms with Crippen molar-refractivity contribution in [3.63, 3.8) is 0 Å². The predicted molar refractivity (Wildman–Crippen MR) is 123 cm³/mol. The van der Waals surface area contributed by atoms with Gasteiger partial charge < -0.3 is 10.2 Å². The van der Waals surface area contributed by atoms with Crippen LogP contribution >= 0.6 is 0 Å². The highest BCUT2D eigenvalue weighted by Crippen LogP contribution is 2.25. The van der Waals surface area contributed by atoms with Crippen LogP contribution in [0.4, 0.5) is 5.69 Å². The van der Waals surface area contributed by atoms with Crippen LogP contribution in [0, 0.1) is 0 Å². The highest BCUT2D eigenvalue weighted by molar-refractivity contribution is 6.06. The second kappa shape index (κ2) is 8.07. The van der Waals surface area contributed by atoms with E-state index < -0.39 is 0 Å². The lowest BCUT2D eigenvalue weighted by atomic mass is 9.98. The summed E-state index contributed by atoms with van der Waals surface area (Å²) in [6.45, 7) is 1.24. The Bertz CT molecular complexity index is 1280. The Balaban J connectivity index is 1.34. The fraction of sp³-hybridized carbons (Fsp3) is 0.111. The van der Waals surface area contributed by atoms with Gasteiger partial charge in [0.2, 0.25) is 0 Å². The molecular formula is C27H22N2O2. The number of rotatable bonds is 3. The van der Waals surface area contributed by atoms with Crippen molar-refractivity contribution in [2.75, 3.05) is 11.9 Å². The molecule has 5 rings (SSSR count). The smallest absolute Gasteiger partial charge is 0.255 e. The molecule has 2 amide bonds. The molecule has 1 heterocycles. The second-order valence-electron chi connectivity index (χ2n) is 7.84. The van der Waals surface area contributed by atoms with Crippen molar-refractivity contribution in [3.8, 4) is 0 Å². The van der Waals surface area contributed by atoms with E-state index in [1.54, 1.807) is 0 Å². The Kier molecular flexibility index (Phi) is 4.97. The maximum atomic E-state index is 12.8. The quantitative estimate of drug-likeness (QED) is 0.503. The number of fused-ring (bicyclic) bond motifs is 2. The number of nitrogens with zero attached hydrogens (tertiary/aromatic N) is 1. The van der Waals surface area contributed by atoms with E-state index in [9.17, 15) is 9.59 Å². The predicted octanol–water partition coefficient (Wildman–Crippen LogP) is 5.29. The van der Waals surface area contributed by atoms with Crippen LogP contribution in [-0.2, 0) is 13.0 Å². The number of nitrogens with one attached hydrogen (secondary N) is 1. The molecule has 0 unspecified atom stereocenters. The maximum absolute atomic E-state index is 12.8. The Labute approximate surface area is 181 Å². The Morgan fingerprint density at radius 2 is 1.48 bits per heavy atom. The largest absolute Gasteiger partial charge is 0.334 e. The molecule has 1 aliphatic heterocycles. The van der Waals surface area contributed by atoms with E-state index in [0.717, 1.165) is 28.4 Å². The molecule has 0 atom stereocenters. The molecule has 0 fully saturated rings. The number of hydrogen-bond donors (Lipinski definition) is 1. The van der Waals surface area contributed by atoms with Crippen LogP contribution in [0.1, 0.15) is 31.8 Å². The molecule has 152 valence electrons. The fourth-order valence-electron chi connectivity index (χ4n) is 4.11. The first kappa shape index (κ1) is 19.1. The minimum atomic E-state index is -0.140. The molecule has 4 aromatic carbocycles. The van der Waals surface area contributed by atoms with Crippen molar-refractivity contribution < 1.29 is 9.59 Å². The summed E-state index contributed by atoms with van der Waals surface area (Å²) in [6, 6.07) is 29.0.